The summed E-state index contributed by atoms with van der Waals surface area (Å²) < 4.78 is 13.6. The Kier molecular flexibility index (Phi) is 4.22. The molecule has 0 aromatic heterocycles. The summed E-state index contributed by atoms with van der Waals surface area (Å²) in [7, 11) is 0. The van der Waals surface area contributed by atoms with Crippen LogP contribution in [0.3, 0.4) is 0 Å². The SMILES string of the molecule is Cc1c(F)cc(C#N)cc1NC(=O)C1CCC(C(=O)O)C1. The maximum Gasteiger partial charge on any atom is 0.306 e. The van der Waals surface area contributed by atoms with Crippen LogP contribution in [0.2, 0.25) is 0 Å². The van der Waals surface area contributed by atoms with E-state index in [1.807, 2.05) is 6.07 Å². The molecule has 5 nitrogen and oxygen atoms in total. The maximum absolute atomic E-state index is 13.6. The highest BCUT2D eigenvalue weighted by atomic mass is 19.1. The molecule has 1 aromatic carbocycles. The highest BCUT2D eigenvalue weighted by molar-refractivity contribution is 5.94. The monoisotopic (exact) mass is 290 g/mol. The molecule has 21 heavy (non-hydrogen) atoms. The quantitative estimate of drug-likeness (QED) is 0.894. The van der Waals surface area contributed by atoms with Crippen molar-refractivity contribution >= 4 is 17.6 Å². The van der Waals surface area contributed by atoms with Crippen LogP contribution in [0.4, 0.5) is 10.1 Å². The van der Waals surface area contributed by atoms with Crippen molar-refractivity contribution in [3.8, 4) is 6.07 Å². The second-order valence-corrected chi connectivity index (χ2v) is 5.28. The third-order valence-electron chi connectivity index (χ3n) is 3.88. The fourth-order valence-corrected chi connectivity index (χ4v) is 2.55. The molecule has 2 rings (SSSR count). The largest absolute Gasteiger partial charge is 0.481 e. The highest BCUT2D eigenvalue weighted by Crippen LogP contribution is 2.32. The van der Waals surface area contributed by atoms with Gasteiger partial charge < -0.3 is 10.4 Å². The van der Waals surface area contributed by atoms with E-state index in [1.54, 1.807) is 0 Å². The Hall–Kier alpha value is -2.42. The molecule has 1 aliphatic carbocycles. The van der Waals surface area contributed by atoms with Gasteiger partial charge in [-0.05, 0) is 38.3 Å². The molecule has 1 aromatic rings. The third kappa shape index (κ3) is 3.19. The van der Waals surface area contributed by atoms with Crippen molar-refractivity contribution in [3.05, 3.63) is 29.1 Å². The van der Waals surface area contributed by atoms with E-state index in [0.29, 0.717) is 19.3 Å². The van der Waals surface area contributed by atoms with E-state index in [1.165, 1.54) is 13.0 Å². The van der Waals surface area contributed by atoms with Crippen molar-refractivity contribution in [2.24, 2.45) is 11.8 Å². The average Bonchev–Trinajstić information content (AvgIpc) is 2.93. The van der Waals surface area contributed by atoms with E-state index >= 15 is 0 Å². The lowest BCUT2D eigenvalue weighted by Crippen LogP contribution is -2.22. The van der Waals surface area contributed by atoms with Gasteiger partial charge in [-0.15, -0.1) is 0 Å². The fraction of sp³-hybridized carbons (Fsp3) is 0.400. The van der Waals surface area contributed by atoms with E-state index in [4.69, 9.17) is 10.4 Å². The van der Waals surface area contributed by atoms with Gasteiger partial charge in [-0.25, -0.2) is 4.39 Å². The predicted molar refractivity (Wildman–Crippen MR) is 72.9 cm³/mol. The van der Waals surface area contributed by atoms with Crippen LogP contribution in [-0.4, -0.2) is 17.0 Å². The summed E-state index contributed by atoms with van der Waals surface area (Å²) in [6, 6.07) is 4.36. The Bertz CT molecular complexity index is 637. The molecule has 2 unspecified atom stereocenters. The minimum absolute atomic E-state index is 0.128. The first-order valence-corrected chi connectivity index (χ1v) is 6.66. The summed E-state index contributed by atoms with van der Waals surface area (Å²) in [6.45, 7) is 1.51. The molecule has 2 N–H and O–H groups in total. The number of rotatable bonds is 3. The Labute approximate surface area is 121 Å². The van der Waals surface area contributed by atoms with Crippen LogP contribution in [0.1, 0.15) is 30.4 Å². The van der Waals surface area contributed by atoms with Gasteiger partial charge in [-0.2, -0.15) is 5.26 Å². The number of benzene rings is 1. The minimum Gasteiger partial charge on any atom is -0.481 e. The maximum atomic E-state index is 13.6. The Morgan fingerprint density at radius 3 is 2.62 bits per heavy atom. The number of nitriles is 1. The molecule has 0 heterocycles. The molecule has 0 radical (unpaired) electrons. The van der Waals surface area contributed by atoms with Crippen LogP contribution in [-0.2, 0) is 9.59 Å². The Balaban J connectivity index is 2.12. The van der Waals surface area contributed by atoms with Crippen molar-refractivity contribution in [1.29, 1.82) is 5.26 Å². The van der Waals surface area contributed by atoms with Crippen molar-refractivity contribution in [2.45, 2.75) is 26.2 Å². The zero-order valence-electron chi connectivity index (χ0n) is 11.5. The molecule has 2 atom stereocenters. The number of carboxylic acids is 1. The molecule has 0 bridgehead atoms. The fourth-order valence-electron chi connectivity index (χ4n) is 2.55. The molecule has 6 heteroatoms. The van der Waals surface area contributed by atoms with Gasteiger partial charge >= 0.3 is 5.97 Å². The predicted octanol–water partition coefficient (Wildman–Crippen LogP) is 2.45. The molecule has 0 aliphatic heterocycles. The smallest absolute Gasteiger partial charge is 0.306 e. The van der Waals surface area contributed by atoms with Crippen molar-refractivity contribution in [2.75, 3.05) is 5.32 Å². The van der Waals surface area contributed by atoms with Crippen LogP contribution >= 0.6 is 0 Å². The third-order valence-corrected chi connectivity index (χ3v) is 3.88. The zero-order valence-corrected chi connectivity index (χ0v) is 11.5. The number of carbonyl (C=O) groups is 2. The summed E-state index contributed by atoms with van der Waals surface area (Å²) in [4.78, 5) is 23.0. The first kappa shape index (κ1) is 15.0. The second kappa shape index (κ2) is 5.92. The van der Waals surface area contributed by atoms with Gasteiger partial charge in [0.2, 0.25) is 5.91 Å². The topological polar surface area (TPSA) is 90.2 Å². The van der Waals surface area contributed by atoms with Gasteiger partial charge in [-0.3, -0.25) is 9.59 Å². The molecule has 1 amide bonds. The molecule has 110 valence electrons. The average molecular weight is 290 g/mol. The lowest BCUT2D eigenvalue weighted by Gasteiger charge is -2.13. The number of hydrogen-bond donors (Lipinski definition) is 2. The van der Waals surface area contributed by atoms with E-state index < -0.39 is 17.7 Å². The number of carbonyl (C=O) groups excluding carboxylic acids is 1. The standard InChI is InChI=1S/C15H15FN2O3/c1-8-12(16)4-9(7-17)5-13(8)18-14(19)10-2-3-11(6-10)15(20)21/h4-5,10-11H,2-3,6H2,1H3,(H,18,19)(H,20,21). The van der Waals surface area contributed by atoms with Gasteiger partial charge in [0.25, 0.3) is 0 Å². The van der Waals surface area contributed by atoms with Gasteiger partial charge in [0.1, 0.15) is 5.82 Å². The molecular weight excluding hydrogens is 275 g/mol. The Morgan fingerprint density at radius 1 is 1.38 bits per heavy atom. The number of nitrogens with one attached hydrogen (secondary N) is 1. The molecule has 1 aliphatic rings. The lowest BCUT2D eigenvalue weighted by molar-refractivity contribution is -0.141. The van der Waals surface area contributed by atoms with E-state index in [0.717, 1.165) is 6.07 Å². The van der Waals surface area contributed by atoms with Crippen LogP contribution in [0.25, 0.3) is 0 Å². The summed E-state index contributed by atoms with van der Waals surface area (Å²) in [5, 5.41) is 20.4. The summed E-state index contributed by atoms with van der Waals surface area (Å²) in [5.41, 5.74) is 0.647. The van der Waals surface area contributed by atoms with Crippen LogP contribution in [0.15, 0.2) is 12.1 Å². The zero-order chi connectivity index (χ0) is 15.6. The summed E-state index contributed by atoms with van der Waals surface area (Å²) in [6.07, 6.45) is 1.27. The van der Waals surface area contributed by atoms with Crippen LogP contribution in [0.5, 0.6) is 0 Å². The number of hydrogen-bond acceptors (Lipinski definition) is 3. The van der Waals surface area contributed by atoms with Gasteiger partial charge in [0.15, 0.2) is 0 Å². The lowest BCUT2D eigenvalue weighted by atomic mass is 10.0. The molecule has 1 fully saturated rings. The van der Waals surface area contributed by atoms with Crippen molar-refractivity contribution < 1.29 is 19.1 Å². The normalized spacial score (nSPS) is 20.8. The number of carboxylic acid groups (broad SMARTS) is 1. The first-order chi connectivity index (χ1) is 9.92. The van der Waals surface area contributed by atoms with E-state index in [-0.39, 0.29) is 28.6 Å². The first-order valence-electron chi connectivity index (χ1n) is 6.66. The van der Waals surface area contributed by atoms with Gasteiger partial charge in [-0.1, -0.05) is 0 Å². The van der Waals surface area contributed by atoms with Gasteiger partial charge in [0.05, 0.1) is 17.6 Å². The van der Waals surface area contributed by atoms with Crippen molar-refractivity contribution in [1.82, 2.24) is 0 Å². The van der Waals surface area contributed by atoms with Gasteiger partial charge in [0, 0.05) is 17.2 Å². The van der Waals surface area contributed by atoms with Crippen LogP contribution < -0.4 is 5.32 Å². The van der Waals surface area contributed by atoms with Crippen LogP contribution in [0, 0.1) is 35.9 Å². The minimum atomic E-state index is -0.890. The molecule has 0 saturated heterocycles. The molecular formula is C15H15FN2O3. The second-order valence-electron chi connectivity index (χ2n) is 5.28. The Morgan fingerprint density at radius 2 is 2.05 bits per heavy atom. The highest BCUT2D eigenvalue weighted by Gasteiger charge is 2.34. The number of amides is 1. The number of halogens is 1. The molecule has 0 spiro atoms. The number of nitrogens with zero attached hydrogens (tertiary/aromatic N) is 1. The van der Waals surface area contributed by atoms with E-state index in [2.05, 4.69) is 5.32 Å². The molecule has 1 saturated carbocycles. The number of aliphatic carboxylic acids is 1. The number of anilines is 1. The van der Waals surface area contributed by atoms with Crippen molar-refractivity contribution in [3.63, 3.8) is 0 Å². The van der Waals surface area contributed by atoms with E-state index in [9.17, 15) is 14.0 Å². The summed E-state index contributed by atoms with van der Waals surface area (Å²) in [5.74, 6) is -2.65. The summed E-state index contributed by atoms with van der Waals surface area (Å²) >= 11 is 0.